The molecule has 0 aromatic rings. The summed E-state index contributed by atoms with van der Waals surface area (Å²) < 4.78 is 5.40. The van der Waals surface area contributed by atoms with E-state index in [-0.39, 0.29) is 11.4 Å². The number of carbonyl (C=O) groups is 1. The lowest BCUT2D eigenvalue weighted by atomic mass is 9.79. The van der Waals surface area contributed by atoms with Crippen LogP contribution in [0.3, 0.4) is 0 Å². The van der Waals surface area contributed by atoms with Gasteiger partial charge in [0.15, 0.2) is 0 Å². The quantitative estimate of drug-likeness (QED) is 0.696. The lowest BCUT2D eigenvalue weighted by molar-refractivity contribution is -0.172. The van der Waals surface area contributed by atoms with Gasteiger partial charge in [0.05, 0.1) is 0 Å². The van der Waals surface area contributed by atoms with Gasteiger partial charge in [0, 0.05) is 5.41 Å². The molecule has 0 aliphatic carbocycles. The molecular formula is C11H23NO2. The fourth-order valence-electron chi connectivity index (χ4n) is 0.516. The van der Waals surface area contributed by atoms with E-state index in [9.17, 15) is 4.79 Å². The molecule has 0 aromatic heterocycles. The fraction of sp³-hybridized carbons (Fsp3) is 0.909. The van der Waals surface area contributed by atoms with Gasteiger partial charge in [0.2, 0.25) is 0 Å². The van der Waals surface area contributed by atoms with Crippen LogP contribution >= 0.6 is 0 Å². The van der Waals surface area contributed by atoms with Crippen LogP contribution < -0.4 is 5.73 Å². The highest BCUT2D eigenvalue weighted by Crippen LogP contribution is 2.33. The molecule has 0 fully saturated rings. The molecule has 0 bridgehead atoms. The standard InChI is InChI=1S/C11H23NO2/c1-9(2,3)11(6,7)14-8(13)10(4,5)12/h12H2,1-7H3. The van der Waals surface area contributed by atoms with Crippen molar-refractivity contribution in [3.8, 4) is 0 Å². The van der Waals surface area contributed by atoms with Crippen LogP contribution in [0.1, 0.15) is 48.5 Å². The van der Waals surface area contributed by atoms with Crippen molar-refractivity contribution in [2.45, 2.75) is 59.6 Å². The highest BCUT2D eigenvalue weighted by molar-refractivity contribution is 5.79. The highest BCUT2D eigenvalue weighted by atomic mass is 16.6. The van der Waals surface area contributed by atoms with E-state index in [1.165, 1.54) is 0 Å². The number of rotatable bonds is 2. The van der Waals surface area contributed by atoms with Gasteiger partial charge in [-0.05, 0) is 27.7 Å². The minimum atomic E-state index is -0.928. The summed E-state index contributed by atoms with van der Waals surface area (Å²) in [7, 11) is 0. The van der Waals surface area contributed by atoms with Gasteiger partial charge >= 0.3 is 5.97 Å². The largest absolute Gasteiger partial charge is 0.458 e. The molecule has 0 atom stereocenters. The average Bonchev–Trinajstić information content (AvgIpc) is 1.80. The Bertz CT molecular complexity index is 218. The third-order valence-corrected chi connectivity index (χ3v) is 2.68. The first-order valence-corrected chi connectivity index (χ1v) is 4.90. The van der Waals surface area contributed by atoms with Gasteiger partial charge in [0.25, 0.3) is 0 Å². The minimum Gasteiger partial charge on any atom is -0.458 e. The van der Waals surface area contributed by atoms with E-state index in [1.807, 2.05) is 34.6 Å². The van der Waals surface area contributed by atoms with E-state index in [2.05, 4.69) is 0 Å². The van der Waals surface area contributed by atoms with Crippen LogP contribution in [-0.4, -0.2) is 17.1 Å². The van der Waals surface area contributed by atoms with E-state index in [4.69, 9.17) is 10.5 Å². The Kier molecular flexibility index (Phi) is 3.39. The lowest BCUT2D eigenvalue weighted by Gasteiger charge is -2.39. The van der Waals surface area contributed by atoms with Crippen molar-refractivity contribution in [3.05, 3.63) is 0 Å². The number of hydrogen-bond acceptors (Lipinski definition) is 3. The smallest absolute Gasteiger partial charge is 0.326 e. The zero-order valence-corrected chi connectivity index (χ0v) is 10.4. The summed E-state index contributed by atoms with van der Waals surface area (Å²) in [6.07, 6.45) is 0. The van der Waals surface area contributed by atoms with Gasteiger partial charge in [-0.3, -0.25) is 4.79 Å². The predicted molar refractivity (Wildman–Crippen MR) is 57.9 cm³/mol. The van der Waals surface area contributed by atoms with Crippen LogP contribution in [0.15, 0.2) is 0 Å². The van der Waals surface area contributed by atoms with Crippen molar-refractivity contribution in [1.29, 1.82) is 0 Å². The molecule has 0 rings (SSSR count). The van der Waals surface area contributed by atoms with Gasteiger partial charge in [0.1, 0.15) is 11.1 Å². The second-order valence-corrected chi connectivity index (χ2v) is 5.87. The maximum atomic E-state index is 11.6. The first-order chi connectivity index (χ1) is 5.88. The maximum Gasteiger partial charge on any atom is 0.326 e. The molecule has 3 nitrogen and oxygen atoms in total. The maximum absolute atomic E-state index is 11.6. The summed E-state index contributed by atoms with van der Waals surface area (Å²) in [5, 5.41) is 0. The Morgan fingerprint density at radius 2 is 1.36 bits per heavy atom. The SMILES string of the molecule is CC(C)(N)C(=O)OC(C)(C)C(C)(C)C. The molecule has 0 aliphatic heterocycles. The topological polar surface area (TPSA) is 52.3 Å². The Hall–Kier alpha value is -0.570. The number of carbonyl (C=O) groups excluding carboxylic acids is 1. The van der Waals surface area contributed by atoms with Crippen molar-refractivity contribution in [1.82, 2.24) is 0 Å². The van der Waals surface area contributed by atoms with Crippen LogP contribution in [0, 0.1) is 5.41 Å². The predicted octanol–water partition coefficient (Wildman–Crippen LogP) is 2.09. The second-order valence-electron chi connectivity index (χ2n) is 5.87. The first kappa shape index (κ1) is 13.4. The zero-order valence-electron chi connectivity index (χ0n) is 10.4. The number of hydrogen-bond donors (Lipinski definition) is 1. The summed E-state index contributed by atoms with van der Waals surface area (Å²) in [5.41, 5.74) is 4.11. The molecule has 0 heterocycles. The molecule has 0 amide bonds. The molecular weight excluding hydrogens is 178 g/mol. The minimum absolute atomic E-state index is 0.103. The lowest BCUT2D eigenvalue weighted by Crippen LogP contribution is -2.50. The summed E-state index contributed by atoms with van der Waals surface area (Å²) >= 11 is 0. The van der Waals surface area contributed by atoms with Crippen molar-refractivity contribution < 1.29 is 9.53 Å². The molecule has 0 radical (unpaired) electrons. The Balaban J connectivity index is 4.62. The molecule has 0 saturated carbocycles. The number of esters is 1. The number of nitrogens with two attached hydrogens (primary N) is 1. The zero-order chi connectivity index (χ0) is 11.8. The van der Waals surface area contributed by atoms with Crippen LogP contribution in [0.5, 0.6) is 0 Å². The molecule has 0 unspecified atom stereocenters. The first-order valence-electron chi connectivity index (χ1n) is 4.90. The van der Waals surface area contributed by atoms with Crippen molar-refractivity contribution in [2.24, 2.45) is 11.1 Å². The van der Waals surface area contributed by atoms with Crippen molar-refractivity contribution in [2.75, 3.05) is 0 Å². The van der Waals surface area contributed by atoms with E-state index >= 15 is 0 Å². The van der Waals surface area contributed by atoms with E-state index in [0.29, 0.717) is 0 Å². The molecule has 0 aliphatic rings. The fourth-order valence-corrected chi connectivity index (χ4v) is 0.516. The van der Waals surface area contributed by atoms with Crippen LogP contribution in [0.2, 0.25) is 0 Å². The average molecular weight is 201 g/mol. The molecule has 3 heteroatoms. The van der Waals surface area contributed by atoms with Crippen molar-refractivity contribution >= 4 is 5.97 Å². The molecule has 0 aromatic carbocycles. The summed E-state index contributed by atoms with van der Waals surface area (Å²) in [5.74, 6) is -0.363. The Labute approximate surface area is 87.0 Å². The molecule has 14 heavy (non-hydrogen) atoms. The van der Waals surface area contributed by atoms with Gasteiger partial charge in [-0.2, -0.15) is 0 Å². The monoisotopic (exact) mass is 201 g/mol. The molecule has 0 spiro atoms. The van der Waals surface area contributed by atoms with Crippen LogP contribution in [0.4, 0.5) is 0 Å². The molecule has 84 valence electrons. The van der Waals surface area contributed by atoms with E-state index in [1.54, 1.807) is 13.8 Å². The van der Waals surface area contributed by atoms with Gasteiger partial charge in [-0.1, -0.05) is 20.8 Å². The van der Waals surface area contributed by atoms with E-state index < -0.39 is 11.1 Å². The molecule has 0 saturated heterocycles. The highest BCUT2D eigenvalue weighted by Gasteiger charge is 2.39. The van der Waals surface area contributed by atoms with Crippen LogP contribution in [-0.2, 0) is 9.53 Å². The molecule has 2 N–H and O–H groups in total. The van der Waals surface area contributed by atoms with Gasteiger partial charge < -0.3 is 10.5 Å². The summed E-state index contributed by atoms with van der Waals surface area (Å²) in [6, 6.07) is 0. The Morgan fingerprint density at radius 3 is 1.57 bits per heavy atom. The summed E-state index contributed by atoms with van der Waals surface area (Å²) in [4.78, 5) is 11.6. The second kappa shape index (κ2) is 3.54. The Morgan fingerprint density at radius 1 is 1.00 bits per heavy atom. The van der Waals surface area contributed by atoms with E-state index in [0.717, 1.165) is 0 Å². The number of ether oxygens (including phenoxy) is 1. The normalized spacial score (nSPS) is 14.0. The van der Waals surface area contributed by atoms with Gasteiger partial charge in [-0.25, -0.2) is 0 Å². The third kappa shape index (κ3) is 3.29. The summed E-state index contributed by atoms with van der Waals surface area (Å²) in [6.45, 7) is 13.2. The van der Waals surface area contributed by atoms with Crippen molar-refractivity contribution in [3.63, 3.8) is 0 Å². The third-order valence-electron chi connectivity index (χ3n) is 2.68. The van der Waals surface area contributed by atoms with Crippen LogP contribution in [0.25, 0.3) is 0 Å². The van der Waals surface area contributed by atoms with Gasteiger partial charge in [-0.15, -0.1) is 0 Å².